The van der Waals surface area contributed by atoms with Crippen LogP contribution in [-0.4, -0.2) is 54.5 Å². The van der Waals surface area contributed by atoms with Crippen molar-refractivity contribution in [2.75, 3.05) is 20.4 Å². The molecule has 0 saturated carbocycles. The van der Waals surface area contributed by atoms with Gasteiger partial charge in [0, 0.05) is 32.0 Å². The second-order valence-electron chi connectivity index (χ2n) is 8.86. The summed E-state index contributed by atoms with van der Waals surface area (Å²) in [5.74, 6) is -2.28. The van der Waals surface area contributed by atoms with E-state index in [1.54, 1.807) is 31.4 Å². The van der Waals surface area contributed by atoms with E-state index in [0.29, 0.717) is 17.3 Å². The van der Waals surface area contributed by atoms with Crippen LogP contribution in [0.15, 0.2) is 78.4 Å². The van der Waals surface area contributed by atoms with Crippen molar-refractivity contribution in [2.45, 2.75) is 38.6 Å². The fourth-order valence-electron chi connectivity index (χ4n) is 3.82. The van der Waals surface area contributed by atoms with Crippen molar-refractivity contribution in [3.05, 3.63) is 100 Å². The smallest absolute Gasteiger partial charge is 0.326 e. The van der Waals surface area contributed by atoms with Crippen molar-refractivity contribution in [2.24, 2.45) is 0 Å². The van der Waals surface area contributed by atoms with Crippen LogP contribution in [-0.2, 0) is 32.0 Å². The molecular formula is C30H35ClN2O6. The second-order valence-corrected chi connectivity index (χ2v) is 9.27. The van der Waals surface area contributed by atoms with Crippen LogP contribution in [0.5, 0.6) is 0 Å². The minimum Gasteiger partial charge on any atom is -0.481 e. The van der Waals surface area contributed by atoms with E-state index in [-0.39, 0.29) is 18.7 Å². The lowest BCUT2D eigenvalue weighted by Gasteiger charge is -2.15. The lowest BCUT2D eigenvalue weighted by Crippen LogP contribution is -2.43. The minimum atomic E-state index is -1.07. The molecule has 0 spiro atoms. The molecule has 2 aromatic carbocycles. The van der Waals surface area contributed by atoms with E-state index >= 15 is 0 Å². The Morgan fingerprint density at radius 3 is 2.41 bits per heavy atom. The number of carboxylic acid groups (broad SMARTS) is 2. The van der Waals surface area contributed by atoms with Gasteiger partial charge in [-0.05, 0) is 41.2 Å². The molecule has 1 atom stereocenters. The summed E-state index contributed by atoms with van der Waals surface area (Å²) >= 11 is 6.11. The molecular weight excluding hydrogens is 520 g/mol. The van der Waals surface area contributed by atoms with Crippen LogP contribution in [0.2, 0.25) is 5.02 Å². The van der Waals surface area contributed by atoms with Crippen molar-refractivity contribution in [1.29, 1.82) is 0 Å². The van der Waals surface area contributed by atoms with Gasteiger partial charge in [0.2, 0.25) is 5.91 Å². The topological polar surface area (TPSA) is 125 Å². The van der Waals surface area contributed by atoms with E-state index in [1.165, 1.54) is 11.1 Å². The molecule has 8 nitrogen and oxygen atoms in total. The molecule has 0 aromatic heterocycles. The standard InChI is InChI=1S/C28H31ClN2O4.C2H4O2/c1-35-19-30-16-15-20-5-4-7-22(12-9-20)23-13-10-21(11-14-23)17-26(28(33)34)31-27(32)18-24-6-2-3-8-25(24)29;1-2(3)4/h2-11,13-14,26,30H,12,15-19H2,1H3,(H,31,32)(H,33,34);1H3,(H,3,4). The van der Waals surface area contributed by atoms with Crippen LogP contribution in [0.4, 0.5) is 0 Å². The molecule has 0 saturated heterocycles. The normalized spacial score (nSPS) is 13.2. The Hall–Kier alpha value is -3.72. The van der Waals surface area contributed by atoms with E-state index in [9.17, 15) is 14.7 Å². The maximum absolute atomic E-state index is 12.4. The van der Waals surface area contributed by atoms with Gasteiger partial charge >= 0.3 is 5.97 Å². The summed E-state index contributed by atoms with van der Waals surface area (Å²) in [6.45, 7) is 2.48. The third-order valence-corrected chi connectivity index (χ3v) is 6.10. The van der Waals surface area contributed by atoms with Crippen LogP contribution in [0.1, 0.15) is 36.5 Å². The van der Waals surface area contributed by atoms with Crippen molar-refractivity contribution in [3.8, 4) is 0 Å². The van der Waals surface area contributed by atoms with Gasteiger partial charge in [-0.3, -0.25) is 14.9 Å². The maximum Gasteiger partial charge on any atom is 0.326 e. The Morgan fingerprint density at radius 2 is 1.77 bits per heavy atom. The molecule has 0 bridgehead atoms. The van der Waals surface area contributed by atoms with Gasteiger partial charge in [0.25, 0.3) is 5.97 Å². The van der Waals surface area contributed by atoms with E-state index in [1.807, 2.05) is 24.3 Å². The van der Waals surface area contributed by atoms with Gasteiger partial charge in [-0.25, -0.2) is 4.79 Å². The van der Waals surface area contributed by atoms with E-state index in [0.717, 1.165) is 37.4 Å². The lowest BCUT2D eigenvalue weighted by atomic mass is 9.98. The third-order valence-electron chi connectivity index (χ3n) is 5.74. The zero-order valence-corrected chi connectivity index (χ0v) is 22.9. The molecule has 0 heterocycles. The number of carboxylic acids is 2. The highest BCUT2D eigenvalue weighted by atomic mass is 35.5. The van der Waals surface area contributed by atoms with E-state index < -0.39 is 18.0 Å². The molecule has 3 rings (SSSR count). The Morgan fingerprint density at radius 1 is 1.08 bits per heavy atom. The number of methoxy groups -OCH3 is 1. The first-order chi connectivity index (χ1) is 18.7. The fraction of sp³-hybridized carbons (Fsp3) is 0.300. The second kappa shape index (κ2) is 17.0. The first-order valence-corrected chi connectivity index (χ1v) is 12.9. The van der Waals surface area contributed by atoms with Gasteiger partial charge < -0.3 is 20.3 Å². The zero-order valence-electron chi connectivity index (χ0n) is 22.2. The zero-order chi connectivity index (χ0) is 28.6. The molecule has 0 radical (unpaired) electrons. The fourth-order valence-corrected chi connectivity index (χ4v) is 4.02. The van der Waals surface area contributed by atoms with Gasteiger partial charge in [-0.1, -0.05) is 83.9 Å². The highest BCUT2D eigenvalue weighted by Crippen LogP contribution is 2.24. The molecule has 1 aliphatic rings. The molecule has 0 fully saturated rings. The highest BCUT2D eigenvalue weighted by molar-refractivity contribution is 6.31. The van der Waals surface area contributed by atoms with Crippen LogP contribution in [0.25, 0.3) is 5.57 Å². The summed E-state index contributed by atoms with van der Waals surface area (Å²) < 4.78 is 5.01. The largest absolute Gasteiger partial charge is 0.481 e. The summed E-state index contributed by atoms with van der Waals surface area (Å²) in [7, 11) is 1.67. The van der Waals surface area contributed by atoms with Crippen molar-refractivity contribution >= 4 is 35.0 Å². The summed E-state index contributed by atoms with van der Waals surface area (Å²) in [6.07, 6.45) is 10.5. The average molecular weight is 555 g/mol. The highest BCUT2D eigenvalue weighted by Gasteiger charge is 2.21. The Balaban J connectivity index is 0.00000124. The number of rotatable bonds is 12. The number of carbonyl (C=O) groups excluding carboxylic acids is 1. The predicted molar refractivity (Wildman–Crippen MR) is 152 cm³/mol. The first-order valence-electron chi connectivity index (χ1n) is 12.5. The van der Waals surface area contributed by atoms with Crippen molar-refractivity contribution in [1.82, 2.24) is 10.6 Å². The van der Waals surface area contributed by atoms with Gasteiger partial charge in [0.1, 0.15) is 6.04 Å². The molecule has 9 heteroatoms. The Kier molecular flexibility index (Phi) is 13.7. The molecule has 4 N–H and O–H groups in total. The Bertz CT molecular complexity index is 1200. The average Bonchev–Trinajstić information content (AvgIpc) is 3.13. The number of hydrogen-bond acceptors (Lipinski definition) is 5. The van der Waals surface area contributed by atoms with Crippen LogP contribution in [0, 0.1) is 0 Å². The molecule has 0 aliphatic heterocycles. The number of amides is 1. The maximum atomic E-state index is 12.4. The van der Waals surface area contributed by atoms with E-state index in [2.05, 4.69) is 34.9 Å². The number of nitrogens with one attached hydrogen (secondary N) is 2. The lowest BCUT2D eigenvalue weighted by molar-refractivity contribution is -0.141. The van der Waals surface area contributed by atoms with Gasteiger partial charge in [0.05, 0.1) is 13.2 Å². The predicted octanol–water partition coefficient (Wildman–Crippen LogP) is 4.64. The van der Waals surface area contributed by atoms with Crippen molar-refractivity contribution < 1.29 is 29.3 Å². The molecule has 1 aliphatic carbocycles. The quantitative estimate of drug-likeness (QED) is 0.222. The summed E-state index contributed by atoms with van der Waals surface area (Å²) in [5, 5.41) is 23.4. The van der Waals surface area contributed by atoms with Crippen molar-refractivity contribution in [3.63, 3.8) is 0 Å². The molecule has 39 heavy (non-hydrogen) atoms. The number of carbonyl (C=O) groups is 3. The number of hydrogen-bond donors (Lipinski definition) is 4. The summed E-state index contributed by atoms with van der Waals surface area (Å²) in [6, 6.07) is 13.8. The van der Waals surface area contributed by atoms with Crippen LogP contribution in [0.3, 0.4) is 0 Å². The number of allylic oxidation sites excluding steroid dienone is 5. The molecule has 1 amide bonds. The van der Waals surface area contributed by atoms with Gasteiger partial charge in [-0.15, -0.1) is 0 Å². The van der Waals surface area contributed by atoms with E-state index in [4.69, 9.17) is 26.2 Å². The first kappa shape index (κ1) is 31.5. The monoisotopic (exact) mass is 554 g/mol. The number of benzene rings is 2. The summed E-state index contributed by atoms with van der Waals surface area (Å²) in [4.78, 5) is 33.2. The molecule has 1 unspecified atom stereocenters. The Labute approximate surface area is 234 Å². The van der Waals surface area contributed by atoms with Gasteiger partial charge in [0.15, 0.2) is 0 Å². The SMILES string of the molecule is CC(=O)O.COCNCCC1=CCC(c2ccc(CC(NC(=O)Cc3ccccc3Cl)C(=O)O)cc2)=CC=C1. The molecule has 2 aromatic rings. The third kappa shape index (κ3) is 12.1. The van der Waals surface area contributed by atoms with Gasteiger partial charge in [-0.2, -0.15) is 0 Å². The number of halogens is 1. The van der Waals surface area contributed by atoms with Crippen LogP contribution >= 0.6 is 11.6 Å². The number of aliphatic carboxylic acids is 2. The minimum absolute atomic E-state index is 0.0298. The number of ether oxygens (including phenoxy) is 1. The summed E-state index contributed by atoms with van der Waals surface area (Å²) in [5.41, 5.74) is 5.05. The molecule has 208 valence electrons. The van der Waals surface area contributed by atoms with Crippen LogP contribution < -0.4 is 10.6 Å².